The second kappa shape index (κ2) is 5.53. The molecule has 0 unspecified atom stereocenters. The monoisotopic (exact) mass is 240 g/mol. The Morgan fingerprint density at radius 3 is 2.41 bits per heavy atom. The van der Waals surface area contributed by atoms with Crippen LogP contribution in [0.2, 0.25) is 0 Å². The quantitative estimate of drug-likeness (QED) is 0.896. The Morgan fingerprint density at radius 1 is 1.06 bits per heavy atom. The van der Waals surface area contributed by atoms with E-state index < -0.39 is 0 Å². The summed E-state index contributed by atoms with van der Waals surface area (Å²) in [6.07, 6.45) is 0. The highest BCUT2D eigenvalue weighted by Gasteiger charge is 2.02. The highest BCUT2D eigenvalue weighted by molar-refractivity contribution is 7.99. The number of hydrogen-bond donors (Lipinski definition) is 1. The van der Waals surface area contributed by atoms with Crippen molar-refractivity contribution in [1.29, 1.82) is 5.26 Å². The van der Waals surface area contributed by atoms with Gasteiger partial charge in [-0.1, -0.05) is 36.0 Å². The molecule has 0 aliphatic carbocycles. The van der Waals surface area contributed by atoms with Crippen LogP contribution in [0.3, 0.4) is 0 Å². The van der Waals surface area contributed by atoms with Crippen LogP contribution in [0.1, 0.15) is 11.1 Å². The highest BCUT2D eigenvalue weighted by Crippen LogP contribution is 2.30. The van der Waals surface area contributed by atoms with Gasteiger partial charge in [0, 0.05) is 16.3 Å². The number of benzene rings is 2. The molecule has 17 heavy (non-hydrogen) atoms. The average Bonchev–Trinajstić information content (AvgIpc) is 2.40. The van der Waals surface area contributed by atoms with E-state index in [9.17, 15) is 0 Å². The van der Waals surface area contributed by atoms with E-state index in [0.29, 0.717) is 12.1 Å². The van der Waals surface area contributed by atoms with Crippen LogP contribution in [0.15, 0.2) is 58.3 Å². The Hall–Kier alpha value is -1.76. The lowest BCUT2D eigenvalue weighted by Crippen LogP contribution is -1.94. The van der Waals surface area contributed by atoms with Crippen molar-refractivity contribution in [2.45, 2.75) is 16.3 Å². The van der Waals surface area contributed by atoms with Gasteiger partial charge in [0.05, 0.1) is 5.56 Å². The summed E-state index contributed by atoms with van der Waals surface area (Å²) < 4.78 is 0. The van der Waals surface area contributed by atoms with E-state index in [1.807, 2.05) is 48.5 Å². The Morgan fingerprint density at radius 2 is 1.76 bits per heavy atom. The zero-order valence-electron chi connectivity index (χ0n) is 9.26. The van der Waals surface area contributed by atoms with Gasteiger partial charge in [-0.2, -0.15) is 5.26 Å². The molecule has 0 radical (unpaired) electrons. The van der Waals surface area contributed by atoms with Gasteiger partial charge in [-0.25, -0.2) is 0 Å². The Labute approximate surface area is 105 Å². The van der Waals surface area contributed by atoms with Gasteiger partial charge in [-0.05, 0) is 29.8 Å². The normalized spacial score (nSPS) is 9.88. The smallest absolute Gasteiger partial charge is 0.100 e. The third-order valence-electron chi connectivity index (χ3n) is 2.39. The molecule has 2 aromatic carbocycles. The molecule has 0 aromatic heterocycles. The van der Waals surface area contributed by atoms with Crippen molar-refractivity contribution in [2.24, 2.45) is 5.73 Å². The predicted octanol–water partition coefficient (Wildman–Crippen LogP) is 3.17. The zero-order valence-corrected chi connectivity index (χ0v) is 10.1. The van der Waals surface area contributed by atoms with Gasteiger partial charge in [-0.3, -0.25) is 0 Å². The number of nitriles is 1. The maximum atomic E-state index is 9.00. The molecule has 2 nitrogen and oxygen atoms in total. The maximum absolute atomic E-state index is 9.00. The van der Waals surface area contributed by atoms with Gasteiger partial charge in [0.1, 0.15) is 6.07 Å². The molecule has 0 aliphatic rings. The van der Waals surface area contributed by atoms with Crippen molar-refractivity contribution in [3.05, 3.63) is 59.7 Å². The van der Waals surface area contributed by atoms with Crippen LogP contribution >= 0.6 is 11.8 Å². The summed E-state index contributed by atoms with van der Waals surface area (Å²) in [7, 11) is 0. The molecule has 0 spiro atoms. The van der Waals surface area contributed by atoms with Crippen molar-refractivity contribution >= 4 is 11.8 Å². The van der Waals surface area contributed by atoms with Crippen LogP contribution in [0.5, 0.6) is 0 Å². The molecule has 2 N–H and O–H groups in total. The lowest BCUT2D eigenvalue weighted by molar-refractivity contribution is 1.07. The molecule has 0 saturated heterocycles. The van der Waals surface area contributed by atoms with Gasteiger partial charge in [0.15, 0.2) is 0 Å². The highest BCUT2D eigenvalue weighted by atomic mass is 32.2. The summed E-state index contributed by atoms with van der Waals surface area (Å²) in [4.78, 5) is 2.10. The standard InChI is InChI=1S/C14H12N2S/c15-9-11-5-7-13(8-6-11)17-14-4-2-1-3-12(14)10-16/h1-8H,9,15H2. The zero-order chi connectivity index (χ0) is 12.1. The van der Waals surface area contributed by atoms with E-state index in [2.05, 4.69) is 6.07 Å². The Balaban J connectivity index is 2.23. The first kappa shape index (κ1) is 11.7. The van der Waals surface area contributed by atoms with Gasteiger partial charge < -0.3 is 5.73 Å². The minimum absolute atomic E-state index is 0.555. The minimum atomic E-state index is 0.555. The summed E-state index contributed by atoms with van der Waals surface area (Å²) in [6.45, 7) is 0.555. The van der Waals surface area contributed by atoms with E-state index in [1.54, 1.807) is 11.8 Å². The van der Waals surface area contributed by atoms with Gasteiger partial charge in [0.2, 0.25) is 0 Å². The molecule has 2 rings (SSSR count). The molecule has 2 aromatic rings. The van der Waals surface area contributed by atoms with Gasteiger partial charge in [0.25, 0.3) is 0 Å². The summed E-state index contributed by atoms with van der Waals surface area (Å²) in [6, 6.07) is 17.9. The fourth-order valence-electron chi connectivity index (χ4n) is 1.47. The SMILES string of the molecule is N#Cc1ccccc1Sc1ccc(CN)cc1. The van der Waals surface area contributed by atoms with Crippen molar-refractivity contribution < 1.29 is 0 Å². The number of hydrogen-bond acceptors (Lipinski definition) is 3. The number of nitrogens with zero attached hydrogens (tertiary/aromatic N) is 1. The van der Waals surface area contributed by atoms with Gasteiger partial charge in [-0.15, -0.1) is 0 Å². The number of rotatable bonds is 3. The van der Waals surface area contributed by atoms with Crippen LogP contribution < -0.4 is 5.73 Å². The molecule has 0 atom stereocenters. The average molecular weight is 240 g/mol. The largest absolute Gasteiger partial charge is 0.326 e. The third kappa shape index (κ3) is 2.88. The lowest BCUT2D eigenvalue weighted by Gasteiger charge is -2.04. The molecule has 0 amide bonds. The second-order valence-electron chi connectivity index (χ2n) is 3.56. The fourth-order valence-corrected chi connectivity index (χ4v) is 2.36. The minimum Gasteiger partial charge on any atom is -0.326 e. The summed E-state index contributed by atoms with van der Waals surface area (Å²) in [5.41, 5.74) is 7.37. The van der Waals surface area contributed by atoms with Crippen LogP contribution in [-0.2, 0) is 6.54 Å². The van der Waals surface area contributed by atoms with E-state index >= 15 is 0 Å². The topological polar surface area (TPSA) is 49.8 Å². The first-order valence-electron chi connectivity index (χ1n) is 5.29. The van der Waals surface area contributed by atoms with E-state index in [4.69, 9.17) is 11.0 Å². The van der Waals surface area contributed by atoms with Crippen LogP contribution in [0.4, 0.5) is 0 Å². The van der Waals surface area contributed by atoms with E-state index in [0.717, 1.165) is 15.4 Å². The second-order valence-corrected chi connectivity index (χ2v) is 4.67. The fraction of sp³-hybridized carbons (Fsp3) is 0.0714. The molecular weight excluding hydrogens is 228 g/mol. The molecular formula is C14H12N2S. The molecule has 0 saturated carbocycles. The Kier molecular flexibility index (Phi) is 3.81. The lowest BCUT2D eigenvalue weighted by atomic mass is 10.2. The summed E-state index contributed by atoms with van der Waals surface area (Å²) in [5, 5.41) is 9.00. The Bertz CT molecular complexity index is 541. The van der Waals surface area contributed by atoms with Crippen molar-refractivity contribution in [3.63, 3.8) is 0 Å². The third-order valence-corrected chi connectivity index (χ3v) is 3.48. The van der Waals surface area contributed by atoms with Crippen molar-refractivity contribution in [1.82, 2.24) is 0 Å². The first-order chi connectivity index (χ1) is 8.33. The summed E-state index contributed by atoms with van der Waals surface area (Å²) >= 11 is 1.59. The molecule has 0 fully saturated rings. The molecule has 84 valence electrons. The molecule has 0 heterocycles. The molecule has 0 bridgehead atoms. The van der Waals surface area contributed by atoms with Crippen LogP contribution in [-0.4, -0.2) is 0 Å². The van der Waals surface area contributed by atoms with Gasteiger partial charge >= 0.3 is 0 Å². The van der Waals surface area contributed by atoms with E-state index in [1.165, 1.54) is 0 Å². The maximum Gasteiger partial charge on any atom is 0.100 e. The molecule has 3 heteroatoms. The first-order valence-corrected chi connectivity index (χ1v) is 6.11. The van der Waals surface area contributed by atoms with Crippen molar-refractivity contribution in [2.75, 3.05) is 0 Å². The van der Waals surface area contributed by atoms with Crippen LogP contribution in [0.25, 0.3) is 0 Å². The van der Waals surface area contributed by atoms with Crippen molar-refractivity contribution in [3.8, 4) is 6.07 Å². The predicted molar refractivity (Wildman–Crippen MR) is 69.6 cm³/mol. The van der Waals surface area contributed by atoms with E-state index in [-0.39, 0.29) is 0 Å². The molecule has 0 aliphatic heterocycles. The van der Waals surface area contributed by atoms with Crippen LogP contribution in [0, 0.1) is 11.3 Å². The number of nitrogens with two attached hydrogens (primary N) is 1. The summed E-state index contributed by atoms with van der Waals surface area (Å²) in [5.74, 6) is 0.